The SMILES string of the molecule is COCCOC1CCN(CC2=CCCCC2)CC1. The topological polar surface area (TPSA) is 21.7 Å². The van der Waals surface area contributed by atoms with Gasteiger partial charge in [-0.3, -0.25) is 4.90 Å². The summed E-state index contributed by atoms with van der Waals surface area (Å²) in [7, 11) is 1.73. The van der Waals surface area contributed by atoms with E-state index < -0.39 is 0 Å². The van der Waals surface area contributed by atoms with Crippen molar-refractivity contribution < 1.29 is 9.47 Å². The van der Waals surface area contributed by atoms with E-state index in [0.29, 0.717) is 12.7 Å². The summed E-state index contributed by atoms with van der Waals surface area (Å²) in [4.78, 5) is 2.59. The zero-order valence-electron chi connectivity index (χ0n) is 11.7. The van der Waals surface area contributed by atoms with Crippen molar-refractivity contribution in [2.24, 2.45) is 0 Å². The number of methoxy groups -OCH3 is 1. The first kappa shape index (κ1) is 14.0. The van der Waals surface area contributed by atoms with Gasteiger partial charge < -0.3 is 9.47 Å². The fourth-order valence-corrected chi connectivity index (χ4v) is 2.87. The molecule has 0 bridgehead atoms. The molecule has 0 spiro atoms. The predicted octanol–water partition coefficient (Wildman–Crippen LogP) is 2.61. The molecule has 2 rings (SSSR count). The van der Waals surface area contributed by atoms with Gasteiger partial charge in [-0.25, -0.2) is 0 Å². The highest BCUT2D eigenvalue weighted by Gasteiger charge is 2.20. The summed E-state index contributed by atoms with van der Waals surface area (Å²) >= 11 is 0. The van der Waals surface area contributed by atoms with Crippen LogP contribution in [0.4, 0.5) is 0 Å². The molecule has 1 aliphatic heterocycles. The van der Waals surface area contributed by atoms with E-state index in [-0.39, 0.29) is 0 Å². The largest absolute Gasteiger partial charge is 0.382 e. The van der Waals surface area contributed by atoms with Gasteiger partial charge >= 0.3 is 0 Å². The maximum absolute atomic E-state index is 5.80. The molecule has 0 atom stereocenters. The van der Waals surface area contributed by atoms with Crippen LogP contribution in [-0.4, -0.2) is 51.0 Å². The molecule has 0 aromatic heterocycles. The van der Waals surface area contributed by atoms with Gasteiger partial charge in [0.2, 0.25) is 0 Å². The first-order valence-corrected chi connectivity index (χ1v) is 7.39. The van der Waals surface area contributed by atoms with Crippen molar-refractivity contribution in [1.29, 1.82) is 0 Å². The Balaban J connectivity index is 1.62. The molecule has 0 radical (unpaired) electrons. The summed E-state index contributed by atoms with van der Waals surface area (Å²) in [6.45, 7) is 5.04. The van der Waals surface area contributed by atoms with Crippen LogP contribution in [0.15, 0.2) is 11.6 Å². The van der Waals surface area contributed by atoms with Crippen LogP contribution in [0, 0.1) is 0 Å². The monoisotopic (exact) mass is 253 g/mol. The van der Waals surface area contributed by atoms with Crippen molar-refractivity contribution in [2.75, 3.05) is 40.0 Å². The predicted molar refractivity (Wildman–Crippen MR) is 73.8 cm³/mol. The van der Waals surface area contributed by atoms with Gasteiger partial charge in [-0.05, 0) is 38.5 Å². The smallest absolute Gasteiger partial charge is 0.0704 e. The molecule has 0 amide bonds. The number of hydrogen-bond donors (Lipinski definition) is 0. The van der Waals surface area contributed by atoms with Gasteiger partial charge in [-0.2, -0.15) is 0 Å². The number of rotatable bonds is 6. The third-order valence-corrected chi connectivity index (χ3v) is 3.99. The van der Waals surface area contributed by atoms with Crippen molar-refractivity contribution >= 4 is 0 Å². The number of hydrogen-bond acceptors (Lipinski definition) is 3. The van der Waals surface area contributed by atoms with E-state index in [0.717, 1.165) is 6.61 Å². The number of allylic oxidation sites excluding steroid dienone is 1. The van der Waals surface area contributed by atoms with Crippen LogP contribution in [0.25, 0.3) is 0 Å². The van der Waals surface area contributed by atoms with Gasteiger partial charge in [0.1, 0.15) is 0 Å². The quantitative estimate of drug-likeness (QED) is 0.536. The standard InChI is InChI=1S/C15H27NO2/c1-17-11-12-18-15-7-9-16(10-8-15)13-14-5-3-2-4-6-14/h5,15H,2-4,6-13H2,1H3. The minimum absolute atomic E-state index is 0.455. The lowest BCUT2D eigenvalue weighted by molar-refractivity contribution is -0.0135. The second kappa shape index (κ2) is 7.93. The summed E-state index contributed by atoms with van der Waals surface area (Å²) in [6, 6.07) is 0. The molecule has 0 unspecified atom stereocenters. The molecular formula is C15H27NO2. The lowest BCUT2D eigenvalue weighted by Gasteiger charge is -2.33. The molecule has 0 aromatic rings. The molecule has 0 N–H and O–H groups in total. The molecule has 1 aliphatic carbocycles. The Bertz CT molecular complexity index is 257. The fourth-order valence-electron chi connectivity index (χ4n) is 2.87. The van der Waals surface area contributed by atoms with E-state index in [1.54, 1.807) is 12.7 Å². The average molecular weight is 253 g/mol. The molecule has 1 heterocycles. The third-order valence-electron chi connectivity index (χ3n) is 3.99. The van der Waals surface area contributed by atoms with Crippen molar-refractivity contribution in [3.63, 3.8) is 0 Å². The van der Waals surface area contributed by atoms with Crippen LogP contribution in [-0.2, 0) is 9.47 Å². The molecule has 1 saturated heterocycles. The highest BCUT2D eigenvalue weighted by molar-refractivity contribution is 5.07. The molecule has 1 fully saturated rings. The maximum atomic E-state index is 5.80. The maximum Gasteiger partial charge on any atom is 0.0704 e. The molecule has 3 heteroatoms. The second-order valence-electron chi connectivity index (χ2n) is 5.45. The molecule has 0 aromatic carbocycles. The van der Waals surface area contributed by atoms with Crippen LogP contribution in [0.2, 0.25) is 0 Å². The van der Waals surface area contributed by atoms with E-state index in [2.05, 4.69) is 11.0 Å². The Morgan fingerprint density at radius 2 is 2.06 bits per heavy atom. The van der Waals surface area contributed by atoms with Crippen LogP contribution >= 0.6 is 0 Å². The van der Waals surface area contributed by atoms with Crippen molar-refractivity contribution in [1.82, 2.24) is 4.90 Å². The number of likely N-dealkylation sites (tertiary alicyclic amines) is 1. The first-order valence-electron chi connectivity index (χ1n) is 7.39. The van der Waals surface area contributed by atoms with E-state index in [4.69, 9.17) is 9.47 Å². The second-order valence-corrected chi connectivity index (χ2v) is 5.45. The molecule has 18 heavy (non-hydrogen) atoms. The Labute approximate surface area is 111 Å². The Kier molecular flexibility index (Phi) is 6.18. The Morgan fingerprint density at radius 1 is 1.22 bits per heavy atom. The van der Waals surface area contributed by atoms with Crippen LogP contribution in [0.5, 0.6) is 0 Å². The van der Waals surface area contributed by atoms with Crippen LogP contribution in [0.3, 0.4) is 0 Å². The summed E-state index contributed by atoms with van der Waals surface area (Å²) in [5, 5.41) is 0. The van der Waals surface area contributed by atoms with Gasteiger partial charge in [0.15, 0.2) is 0 Å². The van der Waals surface area contributed by atoms with Gasteiger partial charge in [-0.1, -0.05) is 11.6 Å². The zero-order valence-corrected chi connectivity index (χ0v) is 11.7. The number of ether oxygens (including phenoxy) is 2. The molecular weight excluding hydrogens is 226 g/mol. The van der Waals surface area contributed by atoms with Gasteiger partial charge in [0.05, 0.1) is 19.3 Å². The third kappa shape index (κ3) is 4.71. The molecule has 104 valence electrons. The summed E-state index contributed by atoms with van der Waals surface area (Å²) in [6.07, 6.45) is 10.7. The summed E-state index contributed by atoms with van der Waals surface area (Å²) < 4.78 is 10.8. The lowest BCUT2D eigenvalue weighted by atomic mass is 9.98. The van der Waals surface area contributed by atoms with Gasteiger partial charge in [0.25, 0.3) is 0 Å². The lowest BCUT2D eigenvalue weighted by Crippen LogP contribution is -2.38. The van der Waals surface area contributed by atoms with Crippen molar-refractivity contribution in [3.8, 4) is 0 Å². The Morgan fingerprint density at radius 3 is 2.72 bits per heavy atom. The number of nitrogens with zero attached hydrogens (tertiary/aromatic N) is 1. The van der Waals surface area contributed by atoms with Crippen molar-refractivity contribution in [3.05, 3.63) is 11.6 Å². The Hall–Kier alpha value is -0.380. The van der Waals surface area contributed by atoms with Crippen LogP contribution in [0.1, 0.15) is 38.5 Å². The highest BCUT2D eigenvalue weighted by Crippen LogP contribution is 2.20. The van der Waals surface area contributed by atoms with E-state index in [1.165, 1.54) is 58.2 Å². The van der Waals surface area contributed by atoms with E-state index >= 15 is 0 Å². The summed E-state index contributed by atoms with van der Waals surface area (Å²) in [5.41, 5.74) is 1.67. The average Bonchev–Trinajstić information content (AvgIpc) is 2.42. The van der Waals surface area contributed by atoms with Gasteiger partial charge in [-0.15, -0.1) is 0 Å². The van der Waals surface area contributed by atoms with Gasteiger partial charge in [0, 0.05) is 26.7 Å². The molecule has 2 aliphatic rings. The molecule has 0 saturated carbocycles. The minimum Gasteiger partial charge on any atom is -0.382 e. The highest BCUT2D eigenvalue weighted by atomic mass is 16.5. The van der Waals surface area contributed by atoms with Crippen LogP contribution < -0.4 is 0 Å². The van der Waals surface area contributed by atoms with E-state index in [1.807, 2.05) is 0 Å². The fraction of sp³-hybridized carbons (Fsp3) is 0.867. The normalized spacial score (nSPS) is 23.1. The van der Waals surface area contributed by atoms with Crippen molar-refractivity contribution in [2.45, 2.75) is 44.6 Å². The van der Waals surface area contributed by atoms with E-state index in [9.17, 15) is 0 Å². The zero-order chi connectivity index (χ0) is 12.6. The first-order chi connectivity index (χ1) is 8.88. The molecule has 3 nitrogen and oxygen atoms in total. The minimum atomic E-state index is 0.455. The summed E-state index contributed by atoms with van der Waals surface area (Å²) in [5.74, 6) is 0. The number of piperidine rings is 1.